The first kappa shape index (κ1) is 21.9. The summed E-state index contributed by atoms with van der Waals surface area (Å²) < 4.78 is 26.5. The second kappa shape index (κ2) is 9.88. The second-order valence-electron chi connectivity index (χ2n) is 8.94. The lowest BCUT2D eigenvalue weighted by molar-refractivity contribution is 0.0944. The van der Waals surface area contributed by atoms with Crippen molar-refractivity contribution in [3.8, 4) is 0 Å². The van der Waals surface area contributed by atoms with E-state index in [-0.39, 0.29) is 5.91 Å². The standard InChI is InChI=1S/C25H31F2N3O/c1-17-2-4-19(5-3-17)25(31)28-10-13-30-11-8-18(9-12-30)16-29-24-15-21(24)20-6-7-22(26)23(27)14-20/h2-7,14,18,21,24,29H,8-13,15-16H2,1H3,(H,28,31). The molecule has 1 aliphatic heterocycles. The molecule has 1 aliphatic carbocycles. The molecule has 31 heavy (non-hydrogen) atoms. The summed E-state index contributed by atoms with van der Waals surface area (Å²) in [4.78, 5) is 14.6. The number of benzene rings is 2. The first-order valence-electron chi connectivity index (χ1n) is 11.2. The van der Waals surface area contributed by atoms with Crippen molar-refractivity contribution in [1.82, 2.24) is 15.5 Å². The molecule has 166 valence electrons. The van der Waals surface area contributed by atoms with Gasteiger partial charge in [0.05, 0.1) is 0 Å². The van der Waals surface area contributed by atoms with Crippen LogP contribution < -0.4 is 10.6 Å². The Morgan fingerprint density at radius 1 is 1.06 bits per heavy atom. The fourth-order valence-corrected chi connectivity index (χ4v) is 4.40. The summed E-state index contributed by atoms with van der Waals surface area (Å²) in [5, 5.41) is 6.62. The lowest BCUT2D eigenvalue weighted by atomic mass is 9.96. The van der Waals surface area contributed by atoms with Crippen molar-refractivity contribution < 1.29 is 13.6 Å². The summed E-state index contributed by atoms with van der Waals surface area (Å²) in [5.41, 5.74) is 2.74. The van der Waals surface area contributed by atoms with Gasteiger partial charge >= 0.3 is 0 Å². The minimum absolute atomic E-state index is 0.0147. The molecule has 0 radical (unpaired) electrons. The molecule has 2 aromatic rings. The molecule has 1 saturated carbocycles. The molecule has 2 aliphatic rings. The molecular formula is C25H31F2N3O. The maximum Gasteiger partial charge on any atom is 0.251 e. The number of hydrogen-bond acceptors (Lipinski definition) is 3. The molecule has 2 N–H and O–H groups in total. The quantitative estimate of drug-likeness (QED) is 0.673. The third kappa shape index (κ3) is 5.89. The molecule has 0 spiro atoms. The summed E-state index contributed by atoms with van der Waals surface area (Å²) in [7, 11) is 0. The monoisotopic (exact) mass is 427 g/mol. The lowest BCUT2D eigenvalue weighted by Crippen LogP contribution is -2.41. The number of carbonyl (C=O) groups excluding carboxylic acids is 1. The van der Waals surface area contributed by atoms with Crippen molar-refractivity contribution in [2.24, 2.45) is 5.92 Å². The van der Waals surface area contributed by atoms with Gasteiger partial charge in [-0.2, -0.15) is 0 Å². The zero-order chi connectivity index (χ0) is 21.8. The van der Waals surface area contributed by atoms with Gasteiger partial charge in [-0.1, -0.05) is 23.8 Å². The van der Waals surface area contributed by atoms with Gasteiger partial charge in [-0.15, -0.1) is 0 Å². The first-order valence-corrected chi connectivity index (χ1v) is 11.2. The van der Waals surface area contributed by atoms with Crippen LogP contribution in [-0.4, -0.2) is 49.6 Å². The average molecular weight is 428 g/mol. The Labute approximate surface area is 183 Å². The van der Waals surface area contributed by atoms with E-state index in [0.717, 1.165) is 56.6 Å². The van der Waals surface area contributed by atoms with Crippen LogP contribution in [0.25, 0.3) is 0 Å². The zero-order valence-electron chi connectivity index (χ0n) is 18.0. The van der Waals surface area contributed by atoms with Gasteiger partial charge in [0.2, 0.25) is 0 Å². The van der Waals surface area contributed by atoms with Gasteiger partial charge in [-0.25, -0.2) is 8.78 Å². The van der Waals surface area contributed by atoms with E-state index in [1.165, 1.54) is 12.1 Å². The van der Waals surface area contributed by atoms with Gasteiger partial charge < -0.3 is 15.5 Å². The van der Waals surface area contributed by atoms with Gasteiger partial charge in [-0.3, -0.25) is 4.79 Å². The minimum Gasteiger partial charge on any atom is -0.351 e. The SMILES string of the molecule is Cc1ccc(C(=O)NCCN2CCC(CNC3CC3c3ccc(F)c(F)c3)CC2)cc1. The van der Waals surface area contributed by atoms with Gasteiger partial charge in [-0.05, 0) is 81.6 Å². The Kier molecular flexibility index (Phi) is 6.98. The third-order valence-corrected chi connectivity index (χ3v) is 6.57. The van der Waals surface area contributed by atoms with Crippen LogP contribution in [0, 0.1) is 24.5 Å². The topological polar surface area (TPSA) is 44.4 Å². The molecule has 0 aromatic heterocycles. The Balaban J connectivity index is 1.10. The summed E-state index contributed by atoms with van der Waals surface area (Å²) in [6.07, 6.45) is 3.27. The fourth-order valence-electron chi connectivity index (χ4n) is 4.40. The number of likely N-dealkylation sites (tertiary alicyclic amines) is 1. The highest BCUT2D eigenvalue weighted by Gasteiger charge is 2.38. The molecule has 1 amide bonds. The van der Waals surface area contributed by atoms with Gasteiger partial charge in [0, 0.05) is 30.6 Å². The van der Waals surface area contributed by atoms with E-state index < -0.39 is 11.6 Å². The lowest BCUT2D eigenvalue weighted by Gasteiger charge is -2.32. The van der Waals surface area contributed by atoms with Crippen LogP contribution in [0.2, 0.25) is 0 Å². The third-order valence-electron chi connectivity index (χ3n) is 6.57. The number of halogens is 2. The van der Waals surface area contributed by atoms with E-state index in [2.05, 4.69) is 15.5 Å². The molecule has 2 aromatic carbocycles. The molecule has 6 heteroatoms. The maximum absolute atomic E-state index is 13.4. The summed E-state index contributed by atoms with van der Waals surface area (Å²) in [5.74, 6) is -0.614. The summed E-state index contributed by atoms with van der Waals surface area (Å²) >= 11 is 0. The van der Waals surface area contributed by atoms with Crippen molar-refractivity contribution in [3.05, 3.63) is 70.8 Å². The van der Waals surface area contributed by atoms with E-state index in [0.29, 0.717) is 30.0 Å². The second-order valence-corrected chi connectivity index (χ2v) is 8.94. The van der Waals surface area contributed by atoms with Crippen LogP contribution in [0.1, 0.15) is 46.7 Å². The Morgan fingerprint density at radius 2 is 1.81 bits per heavy atom. The van der Waals surface area contributed by atoms with E-state index in [1.54, 1.807) is 6.07 Å². The van der Waals surface area contributed by atoms with Gasteiger partial charge in [0.15, 0.2) is 11.6 Å². The van der Waals surface area contributed by atoms with Crippen LogP contribution in [0.5, 0.6) is 0 Å². The van der Waals surface area contributed by atoms with Crippen LogP contribution in [0.3, 0.4) is 0 Å². The molecule has 2 atom stereocenters. The van der Waals surface area contributed by atoms with Gasteiger partial charge in [0.25, 0.3) is 5.91 Å². The highest BCUT2D eigenvalue weighted by molar-refractivity contribution is 5.94. The molecule has 4 rings (SSSR count). The van der Waals surface area contributed by atoms with Crippen molar-refractivity contribution in [3.63, 3.8) is 0 Å². The van der Waals surface area contributed by atoms with Crippen LogP contribution >= 0.6 is 0 Å². The number of amides is 1. The normalized spacial score (nSPS) is 21.8. The number of piperidine rings is 1. The smallest absolute Gasteiger partial charge is 0.251 e. The average Bonchev–Trinajstić information content (AvgIpc) is 3.55. The Bertz CT molecular complexity index is 894. The van der Waals surface area contributed by atoms with E-state index >= 15 is 0 Å². The van der Waals surface area contributed by atoms with Crippen molar-refractivity contribution in [2.45, 2.75) is 38.1 Å². The van der Waals surface area contributed by atoms with E-state index in [1.807, 2.05) is 31.2 Å². The largest absolute Gasteiger partial charge is 0.351 e. The Morgan fingerprint density at radius 3 is 2.52 bits per heavy atom. The number of hydrogen-bond donors (Lipinski definition) is 2. The van der Waals surface area contributed by atoms with Crippen molar-refractivity contribution >= 4 is 5.91 Å². The Hall–Kier alpha value is -2.31. The molecule has 0 bridgehead atoms. The van der Waals surface area contributed by atoms with Gasteiger partial charge in [0.1, 0.15) is 0 Å². The van der Waals surface area contributed by atoms with Crippen LogP contribution in [-0.2, 0) is 0 Å². The predicted octanol–water partition coefficient (Wildman–Crippen LogP) is 3.86. The van der Waals surface area contributed by atoms with Crippen molar-refractivity contribution in [1.29, 1.82) is 0 Å². The number of nitrogens with zero attached hydrogens (tertiary/aromatic N) is 1. The highest BCUT2D eigenvalue weighted by Crippen LogP contribution is 2.41. The van der Waals surface area contributed by atoms with Crippen LogP contribution in [0.4, 0.5) is 8.78 Å². The number of carbonyl (C=O) groups is 1. The zero-order valence-corrected chi connectivity index (χ0v) is 18.0. The number of nitrogens with one attached hydrogen (secondary N) is 2. The number of rotatable bonds is 8. The molecular weight excluding hydrogens is 396 g/mol. The molecule has 1 heterocycles. The van der Waals surface area contributed by atoms with Crippen LogP contribution in [0.15, 0.2) is 42.5 Å². The highest BCUT2D eigenvalue weighted by atomic mass is 19.2. The van der Waals surface area contributed by atoms with E-state index in [4.69, 9.17) is 0 Å². The number of aryl methyl sites for hydroxylation is 1. The predicted molar refractivity (Wildman–Crippen MR) is 118 cm³/mol. The molecule has 2 unspecified atom stereocenters. The molecule has 4 nitrogen and oxygen atoms in total. The minimum atomic E-state index is -0.782. The van der Waals surface area contributed by atoms with Crippen molar-refractivity contribution in [2.75, 3.05) is 32.7 Å². The summed E-state index contributed by atoms with van der Waals surface area (Å²) in [6.45, 7) is 6.61. The molecule has 1 saturated heterocycles. The first-order chi connectivity index (χ1) is 15.0. The van der Waals surface area contributed by atoms with E-state index in [9.17, 15) is 13.6 Å². The molecule has 2 fully saturated rings. The fraction of sp³-hybridized carbons (Fsp3) is 0.480. The maximum atomic E-state index is 13.4. The summed E-state index contributed by atoms with van der Waals surface area (Å²) in [6, 6.07) is 12.3.